The Labute approximate surface area is 168 Å². The van der Waals surface area contributed by atoms with Crippen LogP contribution in [0.4, 0.5) is 8.78 Å². The topological polar surface area (TPSA) is 70.2 Å². The number of amides is 2. The lowest BCUT2D eigenvalue weighted by Gasteiger charge is -2.18. The SMILES string of the molecule is O=C(NCCc1cccc(F)c1)[C@H]1CNC[C@@H]1C(=O)NCCc1cccc(F)c1. The summed E-state index contributed by atoms with van der Waals surface area (Å²) in [6, 6.07) is 12.5. The summed E-state index contributed by atoms with van der Waals surface area (Å²) in [6.45, 7) is 1.64. The van der Waals surface area contributed by atoms with Crippen molar-refractivity contribution in [2.75, 3.05) is 26.2 Å². The van der Waals surface area contributed by atoms with Gasteiger partial charge in [0.25, 0.3) is 0 Å². The number of hydrogen-bond acceptors (Lipinski definition) is 3. The molecule has 2 amide bonds. The molecule has 3 N–H and O–H groups in total. The minimum absolute atomic E-state index is 0.184. The molecule has 0 radical (unpaired) electrons. The van der Waals surface area contributed by atoms with Crippen molar-refractivity contribution in [2.24, 2.45) is 11.8 Å². The Morgan fingerprint density at radius 1 is 0.828 bits per heavy atom. The van der Waals surface area contributed by atoms with Gasteiger partial charge >= 0.3 is 0 Å². The van der Waals surface area contributed by atoms with E-state index in [1.165, 1.54) is 24.3 Å². The number of hydrogen-bond donors (Lipinski definition) is 3. The van der Waals surface area contributed by atoms with Crippen LogP contribution in [0.1, 0.15) is 11.1 Å². The zero-order valence-corrected chi connectivity index (χ0v) is 16.1. The highest BCUT2D eigenvalue weighted by molar-refractivity contribution is 5.88. The zero-order chi connectivity index (χ0) is 20.6. The normalized spacial score (nSPS) is 18.4. The lowest BCUT2D eigenvalue weighted by atomic mass is 9.94. The van der Waals surface area contributed by atoms with E-state index >= 15 is 0 Å². The lowest BCUT2D eigenvalue weighted by molar-refractivity contribution is -0.132. The fourth-order valence-electron chi connectivity index (χ4n) is 3.54. The maximum absolute atomic E-state index is 13.2. The van der Waals surface area contributed by atoms with Crippen molar-refractivity contribution in [3.05, 3.63) is 71.3 Å². The molecule has 0 aliphatic carbocycles. The Bertz CT molecular complexity index is 790. The minimum atomic E-state index is -0.448. The van der Waals surface area contributed by atoms with Crippen LogP contribution in [0.25, 0.3) is 0 Å². The van der Waals surface area contributed by atoms with E-state index in [9.17, 15) is 18.4 Å². The summed E-state index contributed by atoms with van der Waals surface area (Å²) in [4.78, 5) is 25.0. The first-order chi connectivity index (χ1) is 14.0. The highest BCUT2D eigenvalue weighted by Gasteiger charge is 2.37. The van der Waals surface area contributed by atoms with Crippen LogP contribution in [-0.2, 0) is 22.4 Å². The number of rotatable bonds is 8. The molecule has 1 aliphatic heterocycles. The van der Waals surface area contributed by atoms with Gasteiger partial charge in [0.2, 0.25) is 11.8 Å². The van der Waals surface area contributed by atoms with Crippen LogP contribution < -0.4 is 16.0 Å². The van der Waals surface area contributed by atoms with Crippen molar-refractivity contribution in [3.8, 4) is 0 Å². The maximum Gasteiger partial charge on any atom is 0.225 e. The molecule has 3 rings (SSSR count). The van der Waals surface area contributed by atoms with E-state index in [0.29, 0.717) is 39.0 Å². The third-order valence-corrected chi connectivity index (χ3v) is 5.09. The highest BCUT2D eigenvalue weighted by Crippen LogP contribution is 2.17. The fourth-order valence-corrected chi connectivity index (χ4v) is 3.54. The van der Waals surface area contributed by atoms with Crippen molar-refractivity contribution in [2.45, 2.75) is 12.8 Å². The molecular formula is C22H25F2N3O2. The third kappa shape index (κ3) is 6.09. The average Bonchev–Trinajstić information content (AvgIpc) is 3.18. The van der Waals surface area contributed by atoms with Crippen LogP contribution in [0.5, 0.6) is 0 Å². The summed E-state index contributed by atoms with van der Waals surface area (Å²) in [5.74, 6) is -1.87. The van der Waals surface area contributed by atoms with Gasteiger partial charge in [0.1, 0.15) is 11.6 Å². The Kier molecular flexibility index (Phi) is 7.30. The van der Waals surface area contributed by atoms with E-state index in [2.05, 4.69) is 16.0 Å². The molecule has 1 aliphatic rings. The van der Waals surface area contributed by atoms with Gasteiger partial charge in [0.05, 0.1) is 11.8 Å². The summed E-state index contributed by atoms with van der Waals surface area (Å²) >= 11 is 0. The number of carbonyl (C=O) groups is 2. The molecule has 0 spiro atoms. The van der Waals surface area contributed by atoms with Gasteiger partial charge in [0.15, 0.2) is 0 Å². The second kappa shape index (κ2) is 10.1. The standard InChI is InChI=1S/C22H25F2N3O2/c23-17-5-1-3-15(11-17)7-9-26-21(28)19-13-25-14-20(19)22(29)27-10-8-16-4-2-6-18(24)12-16/h1-6,11-12,19-20,25H,7-10,13-14H2,(H,26,28)(H,27,29)/t19-,20-/m0/s1. The predicted octanol–water partition coefficient (Wildman–Crippen LogP) is 1.82. The second-order valence-electron chi connectivity index (χ2n) is 7.21. The van der Waals surface area contributed by atoms with Crippen LogP contribution in [0.15, 0.2) is 48.5 Å². The molecule has 0 aromatic heterocycles. The van der Waals surface area contributed by atoms with E-state index in [0.717, 1.165) is 11.1 Å². The predicted molar refractivity (Wildman–Crippen MR) is 106 cm³/mol. The largest absolute Gasteiger partial charge is 0.355 e. The minimum Gasteiger partial charge on any atom is -0.355 e. The molecule has 0 unspecified atom stereocenters. The van der Waals surface area contributed by atoms with E-state index < -0.39 is 11.8 Å². The van der Waals surface area contributed by atoms with Crippen LogP contribution in [0.3, 0.4) is 0 Å². The van der Waals surface area contributed by atoms with E-state index in [-0.39, 0.29) is 23.4 Å². The molecule has 2 atom stereocenters. The van der Waals surface area contributed by atoms with Crippen LogP contribution >= 0.6 is 0 Å². The molecule has 0 saturated carbocycles. The van der Waals surface area contributed by atoms with Gasteiger partial charge < -0.3 is 16.0 Å². The molecule has 0 bridgehead atoms. The summed E-state index contributed by atoms with van der Waals surface area (Å²) in [6.07, 6.45) is 1.04. The molecule has 1 fully saturated rings. The van der Waals surface area contributed by atoms with Gasteiger partial charge in [-0.05, 0) is 48.2 Å². The van der Waals surface area contributed by atoms with Gasteiger partial charge in [-0.1, -0.05) is 24.3 Å². The first kappa shape index (κ1) is 20.9. The molecule has 154 valence electrons. The number of benzene rings is 2. The van der Waals surface area contributed by atoms with Crippen molar-refractivity contribution < 1.29 is 18.4 Å². The number of nitrogens with one attached hydrogen (secondary N) is 3. The second-order valence-corrected chi connectivity index (χ2v) is 7.21. The average molecular weight is 401 g/mol. The van der Waals surface area contributed by atoms with Gasteiger partial charge in [-0.15, -0.1) is 0 Å². The molecule has 29 heavy (non-hydrogen) atoms. The third-order valence-electron chi connectivity index (χ3n) is 5.09. The molecule has 5 nitrogen and oxygen atoms in total. The Balaban J connectivity index is 1.44. The molecule has 2 aromatic carbocycles. The molecular weight excluding hydrogens is 376 g/mol. The summed E-state index contributed by atoms with van der Waals surface area (Å²) in [7, 11) is 0. The lowest BCUT2D eigenvalue weighted by Crippen LogP contribution is -2.42. The Hall–Kier alpha value is -2.80. The number of halogens is 2. The Morgan fingerprint density at radius 3 is 1.69 bits per heavy atom. The van der Waals surface area contributed by atoms with Crippen LogP contribution in [-0.4, -0.2) is 38.0 Å². The first-order valence-electron chi connectivity index (χ1n) is 9.78. The highest BCUT2D eigenvalue weighted by atomic mass is 19.1. The van der Waals surface area contributed by atoms with Crippen LogP contribution in [0, 0.1) is 23.5 Å². The summed E-state index contributed by atoms with van der Waals surface area (Å²) < 4.78 is 26.4. The molecule has 7 heteroatoms. The molecule has 1 heterocycles. The Morgan fingerprint density at radius 2 is 1.28 bits per heavy atom. The zero-order valence-electron chi connectivity index (χ0n) is 16.1. The van der Waals surface area contributed by atoms with Crippen molar-refractivity contribution in [1.82, 2.24) is 16.0 Å². The smallest absolute Gasteiger partial charge is 0.225 e. The van der Waals surface area contributed by atoms with Crippen LogP contribution in [0.2, 0.25) is 0 Å². The molecule has 1 saturated heterocycles. The van der Waals surface area contributed by atoms with E-state index in [4.69, 9.17) is 0 Å². The molecule has 2 aromatic rings. The fraction of sp³-hybridized carbons (Fsp3) is 0.364. The van der Waals surface area contributed by atoms with Gasteiger partial charge in [-0.25, -0.2) is 8.78 Å². The van der Waals surface area contributed by atoms with Crippen molar-refractivity contribution in [3.63, 3.8) is 0 Å². The van der Waals surface area contributed by atoms with E-state index in [1.807, 2.05) is 0 Å². The maximum atomic E-state index is 13.2. The van der Waals surface area contributed by atoms with Crippen molar-refractivity contribution >= 4 is 11.8 Å². The summed E-state index contributed by atoms with van der Waals surface area (Å²) in [5.41, 5.74) is 1.61. The first-order valence-corrected chi connectivity index (χ1v) is 9.78. The monoisotopic (exact) mass is 401 g/mol. The summed E-state index contributed by atoms with van der Waals surface area (Å²) in [5, 5.41) is 8.78. The van der Waals surface area contributed by atoms with Gasteiger partial charge in [-0.3, -0.25) is 9.59 Å². The van der Waals surface area contributed by atoms with Gasteiger partial charge in [0, 0.05) is 26.2 Å². The number of carbonyl (C=O) groups excluding carboxylic acids is 2. The van der Waals surface area contributed by atoms with E-state index in [1.54, 1.807) is 24.3 Å². The van der Waals surface area contributed by atoms with Gasteiger partial charge in [-0.2, -0.15) is 0 Å². The quantitative estimate of drug-likeness (QED) is 0.632. The van der Waals surface area contributed by atoms with Crippen molar-refractivity contribution in [1.29, 1.82) is 0 Å².